The summed E-state index contributed by atoms with van der Waals surface area (Å²) in [5.41, 5.74) is 6.79. The van der Waals surface area contributed by atoms with E-state index in [9.17, 15) is 4.79 Å². The standard InChI is InChI=1S/C14H16BrClN2O/c15-11-5-8(1-3-12(11)16)14(19)18-6-9-2-4-13(17)10(9)7-18/h1,3,5,9-10,13H,2,4,6-7,17H2. The van der Waals surface area contributed by atoms with Crippen molar-refractivity contribution in [3.8, 4) is 0 Å². The van der Waals surface area contributed by atoms with Crippen molar-refractivity contribution in [1.82, 2.24) is 4.90 Å². The summed E-state index contributed by atoms with van der Waals surface area (Å²) >= 11 is 9.31. The molecule has 1 aromatic carbocycles. The first kappa shape index (κ1) is 13.4. The average molecular weight is 344 g/mol. The minimum atomic E-state index is 0.0824. The van der Waals surface area contributed by atoms with Crippen molar-refractivity contribution in [2.24, 2.45) is 17.6 Å². The maximum absolute atomic E-state index is 12.5. The second-order valence-electron chi connectivity index (χ2n) is 5.50. The number of benzene rings is 1. The van der Waals surface area contributed by atoms with Gasteiger partial charge in [0.05, 0.1) is 5.02 Å². The van der Waals surface area contributed by atoms with Gasteiger partial charge in [-0.15, -0.1) is 0 Å². The number of fused-ring (bicyclic) bond motifs is 1. The minimum Gasteiger partial charge on any atom is -0.338 e. The number of hydrogen-bond acceptors (Lipinski definition) is 2. The van der Waals surface area contributed by atoms with Crippen LogP contribution in [-0.2, 0) is 0 Å². The molecule has 3 atom stereocenters. The Morgan fingerprint density at radius 3 is 2.84 bits per heavy atom. The van der Waals surface area contributed by atoms with E-state index in [2.05, 4.69) is 15.9 Å². The van der Waals surface area contributed by atoms with E-state index in [0.717, 1.165) is 30.4 Å². The molecule has 1 saturated carbocycles. The lowest BCUT2D eigenvalue weighted by Crippen LogP contribution is -2.33. The first-order valence-corrected chi connectivity index (χ1v) is 7.73. The Labute approximate surface area is 126 Å². The summed E-state index contributed by atoms with van der Waals surface area (Å²) < 4.78 is 0.760. The van der Waals surface area contributed by atoms with Crippen LogP contribution in [0, 0.1) is 11.8 Å². The Bertz CT molecular complexity index is 522. The molecule has 2 aliphatic rings. The number of carbonyl (C=O) groups excluding carboxylic acids is 1. The van der Waals surface area contributed by atoms with Crippen molar-refractivity contribution in [1.29, 1.82) is 0 Å². The number of amides is 1. The molecule has 0 bridgehead atoms. The molecular weight excluding hydrogens is 328 g/mol. The van der Waals surface area contributed by atoms with E-state index in [1.165, 1.54) is 0 Å². The summed E-state index contributed by atoms with van der Waals surface area (Å²) in [5.74, 6) is 1.16. The number of halogens is 2. The summed E-state index contributed by atoms with van der Waals surface area (Å²) in [5, 5.41) is 0.622. The molecule has 2 N–H and O–H groups in total. The van der Waals surface area contributed by atoms with Crippen molar-refractivity contribution in [3.05, 3.63) is 33.3 Å². The SMILES string of the molecule is NC1CCC2CN(C(=O)c3ccc(Cl)c(Br)c3)CC12. The molecule has 1 aromatic rings. The van der Waals surface area contributed by atoms with Gasteiger partial charge in [-0.25, -0.2) is 0 Å². The number of hydrogen-bond donors (Lipinski definition) is 1. The molecule has 3 unspecified atom stereocenters. The number of rotatable bonds is 1. The molecule has 0 spiro atoms. The highest BCUT2D eigenvalue weighted by Crippen LogP contribution is 2.37. The number of nitrogens with zero attached hydrogens (tertiary/aromatic N) is 1. The van der Waals surface area contributed by atoms with E-state index in [1.807, 2.05) is 4.90 Å². The summed E-state index contributed by atoms with van der Waals surface area (Å²) in [7, 11) is 0. The summed E-state index contributed by atoms with van der Waals surface area (Å²) in [4.78, 5) is 14.4. The van der Waals surface area contributed by atoms with Gasteiger partial charge >= 0.3 is 0 Å². The summed E-state index contributed by atoms with van der Waals surface area (Å²) in [6.07, 6.45) is 2.25. The minimum absolute atomic E-state index is 0.0824. The van der Waals surface area contributed by atoms with Crippen LogP contribution in [0.5, 0.6) is 0 Å². The third-order valence-corrected chi connectivity index (χ3v) is 5.58. The highest BCUT2D eigenvalue weighted by Gasteiger charge is 2.42. The van der Waals surface area contributed by atoms with Crippen LogP contribution in [0.25, 0.3) is 0 Å². The van der Waals surface area contributed by atoms with Crippen molar-refractivity contribution in [3.63, 3.8) is 0 Å². The van der Waals surface area contributed by atoms with Crippen LogP contribution >= 0.6 is 27.5 Å². The van der Waals surface area contributed by atoms with Crippen LogP contribution in [0.4, 0.5) is 0 Å². The van der Waals surface area contributed by atoms with Crippen LogP contribution in [0.3, 0.4) is 0 Å². The Morgan fingerprint density at radius 1 is 1.37 bits per heavy atom. The maximum atomic E-state index is 12.5. The van der Waals surface area contributed by atoms with Gasteiger partial charge in [0.25, 0.3) is 5.91 Å². The molecule has 3 nitrogen and oxygen atoms in total. The van der Waals surface area contributed by atoms with Gasteiger partial charge in [-0.3, -0.25) is 4.79 Å². The molecule has 1 aliphatic heterocycles. The Balaban J connectivity index is 1.76. The molecule has 1 aliphatic carbocycles. The quantitative estimate of drug-likeness (QED) is 0.852. The van der Waals surface area contributed by atoms with Crippen molar-refractivity contribution in [2.75, 3.05) is 13.1 Å². The second-order valence-corrected chi connectivity index (χ2v) is 6.77. The average Bonchev–Trinajstić information content (AvgIpc) is 2.95. The Kier molecular flexibility index (Phi) is 3.58. The van der Waals surface area contributed by atoms with Crippen molar-refractivity contribution >= 4 is 33.4 Å². The summed E-state index contributed by atoms with van der Waals surface area (Å²) in [6.45, 7) is 1.64. The zero-order chi connectivity index (χ0) is 13.6. The first-order valence-electron chi connectivity index (χ1n) is 6.56. The Morgan fingerprint density at radius 2 is 2.16 bits per heavy atom. The molecule has 5 heteroatoms. The molecule has 3 rings (SSSR count). The van der Waals surface area contributed by atoms with Gasteiger partial charge in [0.15, 0.2) is 0 Å². The monoisotopic (exact) mass is 342 g/mol. The van der Waals surface area contributed by atoms with Gasteiger partial charge in [0.2, 0.25) is 0 Å². The lowest BCUT2D eigenvalue weighted by molar-refractivity contribution is 0.0779. The van der Waals surface area contributed by atoms with Crippen LogP contribution in [0.1, 0.15) is 23.2 Å². The molecule has 102 valence electrons. The first-order chi connectivity index (χ1) is 9.06. The van der Waals surface area contributed by atoms with Crippen LogP contribution in [0.2, 0.25) is 5.02 Å². The van der Waals surface area contributed by atoms with Gasteiger partial charge in [0, 0.05) is 29.2 Å². The number of nitrogens with two attached hydrogens (primary N) is 1. The van der Waals surface area contributed by atoms with Crippen LogP contribution in [-0.4, -0.2) is 29.9 Å². The summed E-state index contributed by atoms with van der Waals surface area (Å²) in [6, 6.07) is 5.59. The molecule has 0 radical (unpaired) electrons. The van der Waals surface area contributed by atoms with E-state index < -0.39 is 0 Å². The zero-order valence-electron chi connectivity index (χ0n) is 10.5. The van der Waals surface area contributed by atoms with Gasteiger partial charge in [-0.05, 0) is 58.8 Å². The number of likely N-dealkylation sites (tertiary alicyclic amines) is 1. The molecule has 1 amide bonds. The van der Waals surface area contributed by atoms with E-state index in [0.29, 0.717) is 22.4 Å². The third kappa shape index (κ3) is 2.41. The normalized spacial score (nSPS) is 29.6. The molecule has 1 saturated heterocycles. The highest BCUT2D eigenvalue weighted by atomic mass is 79.9. The van der Waals surface area contributed by atoms with E-state index in [1.54, 1.807) is 18.2 Å². The van der Waals surface area contributed by atoms with Gasteiger partial charge in [0.1, 0.15) is 0 Å². The number of carbonyl (C=O) groups is 1. The second kappa shape index (κ2) is 5.08. The van der Waals surface area contributed by atoms with E-state index in [4.69, 9.17) is 17.3 Å². The van der Waals surface area contributed by atoms with Gasteiger partial charge in [-0.1, -0.05) is 11.6 Å². The lowest BCUT2D eigenvalue weighted by Gasteiger charge is -2.19. The largest absolute Gasteiger partial charge is 0.338 e. The molecule has 0 aromatic heterocycles. The molecule has 2 fully saturated rings. The van der Waals surface area contributed by atoms with E-state index >= 15 is 0 Å². The maximum Gasteiger partial charge on any atom is 0.253 e. The Hall–Kier alpha value is -0.580. The predicted molar refractivity (Wildman–Crippen MR) is 79.2 cm³/mol. The van der Waals surface area contributed by atoms with Crippen LogP contribution < -0.4 is 5.73 Å². The zero-order valence-corrected chi connectivity index (χ0v) is 12.8. The fourth-order valence-electron chi connectivity index (χ4n) is 3.29. The van der Waals surface area contributed by atoms with Gasteiger partial charge in [-0.2, -0.15) is 0 Å². The fourth-order valence-corrected chi connectivity index (χ4v) is 3.78. The smallest absolute Gasteiger partial charge is 0.253 e. The van der Waals surface area contributed by atoms with Crippen molar-refractivity contribution in [2.45, 2.75) is 18.9 Å². The molecule has 19 heavy (non-hydrogen) atoms. The predicted octanol–water partition coefficient (Wildman–Crippen LogP) is 2.91. The highest BCUT2D eigenvalue weighted by molar-refractivity contribution is 9.10. The lowest BCUT2D eigenvalue weighted by atomic mass is 9.98. The molecular formula is C14H16BrClN2O. The van der Waals surface area contributed by atoms with E-state index in [-0.39, 0.29) is 11.9 Å². The van der Waals surface area contributed by atoms with Gasteiger partial charge < -0.3 is 10.6 Å². The molecule has 1 heterocycles. The third-order valence-electron chi connectivity index (χ3n) is 4.37. The van der Waals surface area contributed by atoms with Crippen LogP contribution in [0.15, 0.2) is 22.7 Å². The topological polar surface area (TPSA) is 46.3 Å². The fraction of sp³-hybridized carbons (Fsp3) is 0.500. The van der Waals surface area contributed by atoms with Crippen molar-refractivity contribution < 1.29 is 4.79 Å².